The highest BCUT2D eigenvalue weighted by Crippen LogP contribution is 2.17. The Morgan fingerprint density at radius 3 is 2.41 bits per heavy atom. The Morgan fingerprint density at radius 1 is 1.19 bits per heavy atom. The van der Waals surface area contributed by atoms with Gasteiger partial charge in [-0.15, -0.1) is 0 Å². The molecule has 170 valence electrons. The first-order valence-corrected chi connectivity index (χ1v) is 11.5. The van der Waals surface area contributed by atoms with Crippen molar-refractivity contribution in [3.8, 4) is 0 Å². The summed E-state index contributed by atoms with van der Waals surface area (Å²) in [5, 5.41) is 13.8. The molecular formula is C21H23N3O7S. The molecule has 2 atom stereocenters. The van der Waals surface area contributed by atoms with Crippen LogP contribution in [-0.2, 0) is 30.8 Å². The topological polar surface area (TPSA) is 145 Å². The molecule has 0 aromatic heterocycles. The van der Waals surface area contributed by atoms with Gasteiger partial charge in [-0.1, -0.05) is 29.8 Å². The first kappa shape index (κ1) is 23.5. The fourth-order valence-corrected chi connectivity index (χ4v) is 4.45. The summed E-state index contributed by atoms with van der Waals surface area (Å²) in [5.41, 5.74) is 1.17. The Kier molecular flexibility index (Phi) is 7.33. The van der Waals surface area contributed by atoms with E-state index >= 15 is 0 Å². The first-order valence-electron chi connectivity index (χ1n) is 9.97. The van der Waals surface area contributed by atoms with Gasteiger partial charge in [-0.2, -0.15) is 4.72 Å². The highest BCUT2D eigenvalue weighted by atomic mass is 32.2. The van der Waals surface area contributed by atoms with Crippen LogP contribution in [0.2, 0.25) is 0 Å². The summed E-state index contributed by atoms with van der Waals surface area (Å²) in [6.07, 6.45) is 1.13. The number of hydrogen-bond donors (Lipinski definition) is 2. The van der Waals surface area contributed by atoms with E-state index in [1.807, 2.05) is 0 Å². The molecule has 0 unspecified atom stereocenters. The van der Waals surface area contributed by atoms with Crippen molar-refractivity contribution in [1.29, 1.82) is 0 Å². The minimum atomic E-state index is -4.10. The maximum atomic E-state index is 12.8. The van der Waals surface area contributed by atoms with Gasteiger partial charge < -0.3 is 10.1 Å². The number of carbonyl (C=O) groups is 2. The largest absolute Gasteiger partial charge is 0.391 e. The third-order valence-electron chi connectivity index (χ3n) is 5.05. The number of ether oxygens (including phenoxy) is 1. The number of nitro benzene ring substituents is 1. The Labute approximate surface area is 185 Å². The van der Waals surface area contributed by atoms with Crippen molar-refractivity contribution in [2.45, 2.75) is 43.2 Å². The van der Waals surface area contributed by atoms with E-state index in [0.29, 0.717) is 18.5 Å². The van der Waals surface area contributed by atoms with E-state index in [4.69, 9.17) is 4.74 Å². The molecule has 11 heteroatoms. The first-order chi connectivity index (χ1) is 15.2. The van der Waals surface area contributed by atoms with Gasteiger partial charge in [-0.05, 0) is 50.4 Å². The quantitative estimate of drug-likeness (QED) is 0.261. The fourth-order valence-electron chi connectivity index (χ4n) is 3.26. The second-order valence-electron chi connectivity index (χ2n) is 7.50. The van der Waals surface area contributed by atoms with Gasteiger partial charge in [0.1, 0.15) is 12.1 Å². The van der Waals surface area contributed by atoms with Crippen LogP contribution in [0.1, 0.15) is 24.0 Å². The Hall–Kier alpha value is -3.15. The zero-order valence-corrected chi connectivity index (χ0v) is 18.1. The molecule has 0 amide bonds. The number of hydrogen-bond acceptors (Lipinski definition) is 8. The van der Waals surface area contributed by atoms with Gasteiger partial charge >= 0.3 is 11.9 Å². The number of sulfonamides is 1. The minimum Gasteiger partial charge on any atom is -0.391 e. The van der Waals surface area contributed by atoms with Crippen molar-refractivity contribution in [1.82, 2.24) is 10.0 Å². The number of benzene rings is 2. The number of nitro groups is 1. The maximum absolute atomic E-state index is 12.8. The van der Waals surface area contributed by atoms with Crippen LogP contribution < -0.4 is 10.0 Å². The van der Waals surface area contributed by atoms with Crippen LogP contribution in [0.25, 0.3) is 0 Å². The van der Waals surface area contributed by atoms with Crippen molar-refractivity contribution >= 4 is 27.6 Å². The van der Waals surface area contributed by atoms with Crippen LogP contribution in [0.5, 0.6) is 0 Å². The molecule has 1 fully saturated rings. The van der Waals surface area contributed by atoms with Crippen LogP contribution in [-0.4, -0.2) is 43.9 Å². The molecule has 32 heavy (non-hydrogen) atoms. The molecule has 1 aliphatic rings. The van der Waals surface area contributed by atoms with Gasteiger partial charge in [0.25, 0.3) is 5.69 Å². The lowest BCUT2D eigenvalue weighted by Crippen LogP contribution is -2.45. The molecule has 0 radical (unpaired) electrons. The predicted octanol–water partition coefficient (Wildman–Crippen LogP) is 1.61. The summed E-state index contributed by atoms with van der Waals surface area (Å²) in [6.45, 7) is 2.43. The lowest BCUT2D eigenvalue weighted by atomic mass is 10.1. The Balaban J connectivity index is 1.82. The zero-order valence-electron chi connectivity index (χ0n) is 17.3. The van der Waals surface area contributed by atoms with Gasteiger partial charge in [0, 0.05) is 12.1 Å². The van der Waals surface area contributed by atoms with Crippen molar-refractivity contribution < 1.29 is 27.7 Å². The summed E-state index contributed by atoms with van der Waals surface area (Å²) >= 11 is 0. The Morgan fingerprint density at radius 2 is 1.84 bits per heavy atom. The van der Waals surface area contributed by atoms with E-state index in [1.165, 1.54) is 36.4 Å². The van der Waals surface area contributed by atoms with Crippen LogP contribution in [0.3, 0.4) is 0 Å². The average Bonchev–Trinajstić information content (AvgIpc) is 3.29. The van der Waals surface area contributed by atoms with Gasteiger partial charge in [-0.3, -0.25) is 10.1 Å². The number of rotatable bonds is 8. The normalized spacial score (nSPS) is 17.0. The van der Waals surface area contributed by atoms with Crippen LogP contribution >= 0.6 is 0 Å². The van der Waals surface area contributed by atoms with Crippen LogP contribution in [0, 0.1) is 17.0 Å². The molecule has 1 saturated heterocycles. The second-order valence-corrected chi connectivity index (χ2v) is 9.22. The third kappa shape index (κ3) is 5.96. The molecule has 10 nitrogen and oxygen atoms in total. The van der Waals surface area contributed by atoms with Gasteiger partial charge in [0.05, 0.1) is 9.82 Å². The SMILES string of the molecule is Cc1ccc(S(=O)(=O)N[C@@H](Cc2ccc([N+](=O)[O-])cc2)C(=O)OC(=O)[C@@H]2CCCN2)cc1. The molecule has 1 aliphatic heterocycles. The van der Waals surface area contributed by atoms with E-state index in [0.717, 1.165) is 12.0 Å². The summed E-state index contributed by atoms with van der Waals surface area (Å²) in [7, 11) is -4.10. The van der Waals surface area contributed by atoms with Crippen LogP contribution in [0.4, 0.5) is 5.69 Å². The standard InChI is InChI=1S/C21H23N3O7S/c1-14-4-10-17(11-5-14)32(29,30)23-19(13-15-6-8-16(9-7-15)24(27)28)21(26)31-20(25)18-3-2-12-22-18/h4-11,18-19,22-23H,2-3,12-13H2,1H3/t18-,19-/m0/s1. The summed E-state index contributed by atoms with van der Waals surface area (Å²) in [5.74, 6) is -1.81. The molecule has 0 aliphatic carbocycles. The number of nitrogens with zero attached hydrogens (tertiary/aromatic N) is 1. The number of non-ortho nitro benzene ring substituents is 1. The van der Waals surface area contributed by atoms with E-state index in [2.05, 4.69) is 10.0 Å². The summed E-state index contributed by atoms with van der Waals surface area (Å²) in [6, 6.07) is 9.35. The van der Waals surface area contributed by atoms with E-state index in [-0.39, 0.29) is 17.0 Å². The van der Waals surface area contributed by atoms with E-state index in [9.17, 15) is 28.1 Å². The number of carbonyl (C=O) groups excluding carboxylic acids is 2. The van der Waals surface area contributed by atoms with Crippen LogP contribution in [0.15, 0.2) is 53.4 Å². The molecule has 1 heterocycles. The number of nitrogens with one attached hydrogen (secondary N) is 2. The minimum absolute atomic E-state index is 0.0478. The van der Waals surface area contributed by atoms with Gasteiger partial charge in [-0.25, -0.2) is 18.0 Å². The van der Waals surface area contributed by atoms with E-state index in [1.54, 1.807) is 19.1 Å². The lowest BCUT2D eigenvalue weighted by Gasteiger charge is -2.18. The van der Waals surface area contributed by atoms with Crippen molar-refractivity contribution in [3.05, 3.63) is 69.8 Å². The second kappa shape index (κ2) is 9.98. The highest BCUT2D eigenvalue weighted by Gasteiger charge is 2.32. The van der Waals surface area contributed by atoms with Gasteiger partial charge in [0.15, 0.2) is 0 Å². The fraction of sp³-hybridized carbons (Fsp3) is 0.333. The molecule has 0 spiro atoms. The number of aryl methyl sites for hydroxylation is 1. The summed E-state index contributed by atoms with van der Waals surface area (Å²) in [4.78, 5) is 35.2. The van der Waals surface area contributed by atoms with Crippen molar-refractivity contribution in [2.24, 2.45) is 0 Å². The smallest absolute Gasteiger partial charge is 0.332 e. The monoisotopic (exact) mass is 461 g/mol. The van der Waals surface area contributed by atoms with Gasteiger partial charge in [0.2, 0.25) is 10.0 Å². The zero-order chi connectivity index (χ0) is 23.3. The lowest BCUT2D eigenvalue weighted by molar-refractivity contribution is -0.384. The number of esters is 2. The molecule has 0 bridgehead atoms. The molecule has 2 aromatic rings. The maximum Gasteiger partial charge on any atom is 0.332 e. The molecule has 2 N–H and O–H groups in total. The third-order valence-corrected chi connectivity index (χ3v) is 6.53. The van der Waals surface area contributed by atoms with Crippen molar-refractivity contribution in [3.63, 3.8) is 0 Å². The predicted molar refractivity (Wildman–Crippen MR) is 114 cm³/mol. The molecule has 0 saturated carbocycles. The molecule has 2 aromatic carbocycles. The average molecular weight is 461 g/mol. The molecular weight excluding hydrogens is 438 g/mol. The van der Waals surface area contributed by atoms with E-state index < -0.39 is 39.0 Å². The van der Waals surface area contributed by atoms with Crippen molar-refractivity contribution in [2.75, 3.05) is 6.54 Å². The molecule has 3 rings (SSSR count). The Bertz CT molecular complexity index is 1090. The highest BCUT2D eigenvalue weighted by molar-refractivity contribution is 7.89. The summed E-state index contributed by atoms with van der Waals surface area (Å²) < 4.78 is 32.9.